The van der Waals surface area contributed by atoms with Crippen molar-refractivity contribution in [3.05, 3.63) is 59.5 Å². The fraction of sp³-hybridized carbons (Fsp3) is 0.188. The minimum atomic E-state index is 0.695. The molecular formula is C16H14N4. The minimum Gasteiger partial charge on any atom is -0.330 e. The number of hydrogen-bond donors (Lipinski definition) is 0. The predicted octanol–water partition coefficient (Wildman–Crippen LogP) is 2.63. The van der Waals surface area contributed by atoms with Crippen molar-refractivity contribution in [2.24, 2.45) is 7.05 Å². The zero-order valence-electron chi connectivity index (χ0n) is 11.2. The molecule has 0 atom stereocenters. The standard InChI is InChI=1S/C16H14N4/c1-20-14-3-2-10-18-16(14)19-15(20)9-8-12-4-6-13(11-17)7-5-12/h2-7,10H,8-9H2,1H3. The number of aryl methyl sites for hydroxylation is 3. The van der Waals surface area contributed by atoms with Crippen LogP contribution in [-0.2, 0) is 19.9 Å². The number of rotatable bonds is 3. The normalized spacial score (nSPS) is 10.6. The molecule has 0 radical (unpaired) electrons. The second kappa shape index (κ2) is 5.14. The number of fused-ring (bicyclic) bond motifs is 1. The molecule has 1 aromatic carbocycles. The van der Waals surface area contributed by atoms with Crippen molar-refractivity contribution >= 4 is 11.2 Å². The maximum atomic E-state index is 8.78. The van der Waals surface area contributed by atoms with E-state index in [9.17, 15) is 0 Å². The van der Waals surface area contributed by atoms with Crippen LogP contribution in [0, 0.1) is 11.3 Å². The Morgan fingerprint density at radius 2 is 1.95 bits per heavy atom. The van der Waals surface area contributed by atoms with Crippen LogP contribution in [0.3, 0.4) is 0 Å². The van der Waals surface area contributed by atoms with Crippen LogP contribution in [0.25, 0.3) is 11.2 Å². The van der Waals surface area contributed by atoms with Crippen molar-refractivity contribution < 1.29 is 0 Å². The highest BCUT2D eigenvalue weighted by Gasteiger charge is 2.07. The lowest BCUT2D eigenvalue weighted by molar-refractivity contribution is 0.786. The first-order valence-electron chi connectivity index (χ1n) is 6.53. The summed E-state index contributed by atoms with van der Waals surface area (Å²) < 4.78 is 2.09. The lowest BCUT2D eigenvalue weighted by atomic mass is 10.1. The lowest BCUT2D eigenvalue weighted by Gasteiger charge is -2.03. The Hall–Kier alpha value is -2.67. The van der Waals surface area contributed by atoms with Gasteiger partial charge >= 0.3 is 0 Å². The Bertz CT molecular complexity index is 778. The van der Waals surface area contributed by atoms with Gasteiger partial charge in [-0.1, -0.05) is 12.1 Å². The zero-order valence-corrected chi connectivity index (χ0v) is 11.2. The van der Waals surface area contributed by atoms with E-state index in [0.29, 0.717) is 5.56 Å². The Morgan fingerprint density at radius 3 is 2.65 bits per heavy atom. The molecule has 98 valence electrons. The first-order chi connectivity index (χ1) is 9.78. The number of aromatic nitrogens is 3. The maximum Gasteiger partial charge on any atom is 0.177 e. The van der Waals surface area contributed by atoms with Crippen LogP contribution in [0.1, 0.15) is 17.0 Å². The highest BCUT2D eigenvalue weighted by Crippen LogP contribution is 2.14. The minimum absolute atomic E-state index is 0.695. The van der Waals surface area contributed by atoms with Crippen LogP contribution in [0.2, 0.25) is 0 Å². The van der Waals surface area contributed by atoms with E-state index < -0.39 is 0 Å². The molecule has 0 aliphatic carbocycles. The van der Waals surface area contributed by atoms with E-state index in [-0.39, 0.29) is 0 Å². The van der Waals surface area contributed by atoms with E-state index in [0.717, 1.165) is 29.8 Å². The average Bonchev–Trinajstić information content (AvgIpc) is 2.83. The number of pyridine rings is 1. The van der Waals surface area contributed by atoms with Crippen molar-refractivity contribution in [2.75, 3.05) is 0 Å². The van der Waals surface area contributed by atoms with Gasteiger partial charge in [0.1, 0.15) is 5.82 Å². The van der Waals surface area contributed by atoms with E-state index in [4.69, 9.17) is 5.26 Å². The molecule has 0 spiro atoms. The molecule has 0 N–H and O–H groups in total. The molecule has 2 heterocycles. The number of hydrogen-bond acceptors (Lipinski definition) is 3. The quantitative estimate of drug-likeness (QED) is 0.729. The first kappa shape index (κ1) is 12.4. The van der Waals surface area contributed by atoms with Crippen LogP contribution in [0.4, 0.5) is 0 Å². The third-order valence-electron chi connectivity index (χ3n) is 3.47. The highest BCUT2D eigenvalue weighted by molar-refractivity contribution is 5.71. The van der Waals surface area contributed by atoms with Gasteiger partial charge in [0.25, 0.3) is 0 Å². The van der Waals surface area contributed by atoms with Crippen LogP contribution in [0.15, 0.2) is 42.6 Å². The zero-order chi connectivity index (χ0) is 13.9. The first-order valence-corrected chi connectivity index (χ1v) is 6.53. The Balaban J connectivity index is 1.79. The van der Waals surface area contributed by atoms with E-state index in [1.54, 1.807) is 6.20 Å². The Labute approximate surface area is 117 Å². The fourth-order valence-electron chi connectivity index (χ4n) is 2.30. The molecule has 0 saturated carbocycles. The highest BCUT2D eigenvalue weighted by atomic mass is 15.1. The molecule has 3 aromatic rings. The van der Waals surface area contributed by atoms with Crippen molar-refractivity contribution in [3.8, 4) is 6.07 Å². The smallest absolute Gasteiger partial charge is 0.177 e. The van der Waals surface area contributed by atoms with Gasteiger partial charge in [-0.15, -0.1) is 0 Å². The third kappa shape index (κ3) is 2.26. The molecule has 0 bridgehead atoms. The number of nitriles is 1. The summed E-state index contributed by atoms with van der Waals surface area (Å²) >= 11 is 0. The Morgan fingerprint density at radius 1 is 1.15 bits per heavy atom. The summed E-state index contributed by atoms with van der Waals surface area (Å²) in [4.78, 5) is 8.83. The van der Waals surface area contributed by atoms with Crippen molar-refractivity contribution in [1.82, 2.24) is 14.5 Å². The van der Waals surface area contributed by atoms with Crippen molar-refractivity contribution in [2.45, 2.75) is 12.8 Å². The van der Waals surface area contributed by atoms with Gasteiger partial charge in [0.15, 0.2) is 5.65 Å². The summed E-state index contributed by atoms with van der Waals surface area (Å²) in [5, 5.41) is 8.78. The second-order valence-electron chi connectivity index (χ2n) is 4.74. The van der Waals surface area contributed by atoms with Gasteiger partial charge in [-0.3, -0.25) is 0 Å². The van der Waals surface area contributed by atoms with Gasteiger partial charge in [0.05, 0.1) is 17.1 Å². The maximum absolute atomic E-state index is 8.78. The third-order valence-corrected chi connectivity index (χ3v) is 3.47. The summed E-state index contributed by atoms with van der Waals surface area (Å²) in [6, 6.07) is 13.8. The lowest BCUT2D eigenvalue weighted by Crippen LogP contribution is -2.00. The Kier molecular flexibility index (Phi) is 3.18. The van der Waals surface area contributed by atoms with Crippen LogP contribution >= 0.6 is 0 Å². The van der Waals surface area contributed by atoms with E-state index in [1.807, 2.05) is 43.4 Å². The molecule has 20 heavy (non-hydrogen) atoms. The fourth-order valence-corrected chi connectivity index (χ4v) is 2.30. The van der Waals surface area contributed by atoms with E-state index >= 15 is 0 Å². The molecule has 0 unspecified atom stereocenters. The largest absolute Gasteiger partial charge is 0.330 e. The summed E-state index contributed by atoms with van der Waals surface area (Å²) in [5.74, 6) is 1.03. The molecule has 2 aromatic heterocycles. The molecule has 4 nitrogen and oxygen atoms in total. The summed E-state index contributed by atoms with van der Waals surface area (Å²) in [6.45, 7) is 0. The molecule has 3 rings (SSSR count). The van der Waals surface area contributed by atoms with Gasteiger partial charge in [-0.05, 0) is 36.2 Å². The molecule has 0 aliphatic rings. The summed E-state index contributed by atoms with van der Waals surface area (Å²) in [6.07, 6.45) is 3.53. The van der Waals surface area contributed by atoms with Crippen molar-refractivity contribution in [1.29, 1.82) is 5.26 Å². The van der Waals surface area contributed by atoms with Gasteiger partial charge in [0.2, 0.25) is 0 Å². The SMILES string of the molecule is Cn1c(CCc2ccc(C#N)cc2)nc2ncccc21. The molecule has 0 fully saturated rings. The summed E-state index contributed by atoms with van der Waals surface area (Å²) in [7, 11) is 2.02. The van der Waals surface area contributed by atoms with E-state index in [2.05, 4.69) is 20.6 Å². The topological polar surface area (TPSA) is 54.5 Å². The van der Waals surface area contributed by atoms with Gasteiger partial charge in [0, 0.05) is 19.7 Å². The molecule has 0 aliphatic heterocycles. The monoisotopic (exact) mass is 262 g/mol. The average molecular weight is 262 g/mol. The molecule has 4 heteroatoms. The van der Waals surface area contributed by atoms with E-state index in [1.165, 1.54) is 5.56 Å². The second-order valence-corrected chi connectivity index (χ2v) is 4.74. The molecule has 0 saturated heterocycles. The number of benzene rings is 1. The van der Waals surface area contributed by atoms with Gasteiger partial charge in [-0.25, -0.2) is 9.97 Å². The van der Waals surface area contributed by atoms with Crippen LogP contribution < -0.4 is 0 Å². The molecular weight excluding hydrogens is 248 g/mol. The number of imidazole rings is 1. The van der Waals surface area contributed by atoms with Gasteiger partial charge < -0.3 is 4.57 Å². The van der Waals surface area contributed by atoms with Crippen molar-refractivity contribution in [3.63, 3.8) is 0 Å². The van der Waals surface area contributed by atoms with Crippen LogP contribution in [-0.4, -0.2) is 14.5 Å². The predicted molar refractivity (Wildman–Crippen MR) is 77.1 cm³/mol. The number of nitrogens with zero attached hydrogens (tertiary/aromatic N) is 4. The summed E-state index contributed by atoms with van der Waals surface area (Å²) in [5.41, 5.74) is 3.76. The van der Waals surface area contributed by atoms with Gasteiger partial charge in [-0.2, -0.15) is 5.26 Å². The molecule has 0 amide bonds. The van der Waals surface area contributed by atoms with Crippen LogP contribution in [0.5, 0.6) is 0 Å².